The average Bonchev–Trinajstić information content (AvgIpc) is 2.75. The number of hydrogen-bond acceptors (Lipinski definition) is 4. The fourth-order valence-corrected chi connectivity index (χ4v) is 3.24. The first-order chi connectivity index (χ1) is 8.08. The largest absolute Gasteiger partial charge is 0.378 e. The van der Waals surface area contributed by atoms with Crippen LogP contribution in [0.2, 0.25) is 0 Å². The van der Waals surface area contributed by atoms with E-state index in [1.807, 2.05) is 0 Å². The van der Waals surface area contributed by atoms with Gasteiger partial charge in [-0.3, -0.25) is 5.32 Å². The highest BCUT2D eigenvalue weighted by Crippen LogP contribution is 2.46. The SMILES string of the molecule is CC1(C)CNC2(CCOC2)OC12CCCOC2. The van der Waals surface area contributed by atoms with Crippen molar-refractivity contribution < 1.29 is 14.2 Å². The van der Waals surface area contributed by atoms with Gasteiger partial charge in [0.1, 0.15) is 11.3 Å². The van der Waals surface area contributed by atoms with Crippen LogP contribution < -0.4 is 5.32 Å². The Morgan fingerprint density at radius 3 is 2.47 bits per heavy atom. The molecule has 3 aliphatic rings. The molecule has 0 saturated carbocycles. The van der Waals surface area contributed by atoms with E-state index in [4.69, 9.17) is 14.2 Å². The summed E-state index contributed by atoms with van der Waals surface area (Å²) in [5.41, 5.74) is -0.276. The molecule has 2 unspecified atom stereocenters. The Kier molecular flexibility index (Phi) is 2.74. The molecule has 3 rings (SSSR count). The van der Waals surface area contributed by atoms with Crippen molar-refractivity contribution in [2.75, 3.05) is 33.0 Å². The maximum atomic E-state index is 6.52. The van der Waals surface area contributed by atoms with E-state index in [2.05, 4.69) is 19.2 Å². The van der Waals surface area contributed by atoms with Gasteiger partial charge in [-0.15, -0.1) is 0 Å². The van der Waals surface area contributed by atoms with Crippen LogP contribution in [0.4, 0.5) is 0 Å². The molecule has 1 N–H and O–H groups in total. The maximum absolute atomic E-state index is 6.52. The normalized spacial score (nSPS) is 45.5. The molecule has 0 radical (unpaired) electrons. The van der Waals surface area contributed by atoms with Gasteiger partial charge in [-0.05, 0) is 12.8 Å². The Bertz CT molecular complexity index is 291. The van der Waals surface area contributed by atoms with Crippen LogP contribution in [0.25, 0.3) is 0 Å². The molecule has 2 atom stereocenters. The Labute approximate surface area is 103 Å². The predicted octanol–water partition coefficient (Wildman–Crippen LogP) is 1.30. The fraction of sp³-hybridized carbons (Fsp3) is 1.00. The van der Waals surface area contributed by atoms with Crippen molar-refractivity contribution in [2.24, 2.45) is 5.41 Å². The van der Waals surface area contributed by atoms with Crippen molar-refractivity contribution in [3.63, 3.8) is 0 Å². The molecule has 4 nitrogen and oxygen atoms in total. The van der Waals surface area contributed by atoms with Crippen molar-refractivity contribution >= 4 is 0 Å². The third-order valence-electron chi connectivity index (χ3n) is 4.67. The van der Waals surface area contributed by atoms with Gasteiger partial charge in [0.05, 0.1) is 19.8 Å². The van der Waals surface area contributed by atoms with E-state index in [9.17, 15) is 0 Å². The zero-order valence-corrected chi connectivity index (χ0v) is 10.9. The van der Waals surface area contributed by atoms with Gasteiger partial charge >= 0.3 is 0 Å². The van der Waals surface area contributed by atoms with Gasteiger partial charge in [-0.2, -0.15) is 0 Å². The first-order valence-electron chi connectivity index (χ1n) is 6.68. The number of ether oxygens (including phenoxy) is 3. The first kappa shape index (κ1) is 11.9. The average molecular weight is 241 g/mol. The minimum absolute atomic E-state index is 0.112. The Hall–Kier alpha value is -0.160. The molecule has 0 amide bonds. The topological polar surface area (TPSA) is 39.7 Å². The molecular formula is C13H23NO3. The molecule has 2 spiro atoms. The second-order valence-corrected chi connectivity index (χ2v) is 6.29. The van der Waals surface area contributed by atoms with Crippen LogP contribution >= 0.6 is 0 Å². The molecule has 98 valence electrons. The molecular weight excluding hydrogens is 218 g/mol. The van der Waals surface area contributed by atoms with Gasteiger partial charge in [0.25, 0.3) is 0 Å². The van der Waals surface area contributed by atoms with Gasteiger partial charge in [0.15, 0.2) is 0 Å². The van der Waals surface area contributed by atoms with Gasteiger partial charge < -0.3 is 14.2 Å². The first-order valence-corrected chi connectivity index (χ1v) is 6.68. The van der Waals surface area contributed by atoms with Crippen LogP contribution in [0.5, 0.6) is 0 Å². The monoisotopic (exact) mass is 241 g/mol. The van der Waals surface area contributed by atoms with E-state index in [1.54, 1.807) is 0 Å². The van der Waals surface area contributed by atoms with E-state index in [1.165, 1.54) is 0 Å². The Balaban J connectivity index is 1.86. The molecule has 17 heavy (non-hydrogen) atoms. The number of rotatable bonds is 0. The highest BCUT2D eigenvalue weighted by molar-refractivity contribution is 5.05. The van der Waals surface area contributed by atoms with Crippen molar-refractivity contribution in [3.8, 4) is 0 Å². The van der Waals surface area contributed by atoms with Crippen molar-refractivity contribution in [2.45, 2.75) is 44.4 Å². The minimum atomic E-state index is -0.254. The molecule has 0 bridgehead atoms. The quantitative estimate of drug-likeness (QED) is 0.694. The van der Waals surface area contributed by atoms with Crippen molar-refractivity contribution in [1.82, 2.24) is 5.32 Å². The molecule has 3 aliphatic heterocycles. The summed E-state index contributed by atoms with van der Waals surface area (Å²) in [4.78, 5) is 0. The molecule has 3 fully saturated rings. The highest BCUT2D eigenvalue weighted by Gasteiger charge is 2.57. The van der Waals surface area contributed by atoms with Gasteiger partial charge in [0.2, 0.25) is 0 Å². The van der Waals surface area contributed by atoms with Crippen LogP contribution in [-0.4, -0.2) is 44.3 Å². The highest BCUT2D eigenvalue weighted by atomic mass is 16.6. The summed E-state index contributed by atoms with van der Waals surface area (Å²) in [6, 6.07) is 0. The van der Waals surface area contributed by atoms with Crippen molar-refractivity contribution in [3.05, 3.63) is 0 Å². The lowest BCUT2D eigenvalue weighted by atomic mass is 9.70. The van der Waals surface area contributed by atoms with Crippen LogP contribution in [0.3, 0.4) is 0 Å². The molecule has 0 aromatic rings. The van der Waals surface area contributed by atoms with E-state index in [0.717, 1.165) is 45.6 Å². The summed E-state index contributed by atoms with van der Waals surface area (Å²) in [6.45, 7) is 8.59. The minimum Gasteiger partial charge on any atom is -0.378 e. The van der Waals surface area contributed by atoms with Crippen LogP contribution in [0.15, 0.2) is 0 Å². The molecule has 4 heteroatoms. The lowest BCUT2D eigenvalue weighted by molar-refractivity contribution is -0.280. The third-order valence-corrected chi connectivity index (χ3v) is 4.67. The van der Waals surface area contributed by atoms with Gasteiger partial charge in [-0.1, -0.05) is 13.8 Å². The zero-order valence-electron chi connectivity index (χ0n) is 10.9. The van der Waals surface area contributed by atoms with Crippen LogP contribution in [0, 0.1) is 5.41 Å². The second-order valence-electron chi connectivity index (χ2n) is 6.29. The summed E-state index contributed by atoms with van der Waals surface area (Å²) < 4.78 is 17.7. The molecule has 0 aromatic carbocycles. The summed E-state index contributed by atoms with van der Waals surface area (Å²) in [7, 11) is 0. The molecule has 0 aliphatic carbocycles. The second kappa shape index (κ2) is 3.92. The smallest absolute Gasteiger partial charge is 0.145 e. The van der Waals surface area contributed by atoms with Gasteiger partial charge in [0, 0.05) is 25.0 Å². The van der Waals surface area contributed by atoms with Crippen molar-refractivity contribution in [1.29, 1.82) is 0 Å². The van der Waals surface area contributed by atoms with Gasteiger partial charge in [-0.25, -0.2) is 0 Å². The fourth-order valence-electron chi connectivity index (χ4n) is 3.24. The summed E-state index contributed by atoms with van der Waals surface area (Å²) in [5, 5.41) is 3.55. The molecule has 3 saturated heterocycles. The number of nitrogens with one attached hydrogen (secondary N) is 1. The molecule has 3 heterocycles. The standard InChI is InChI=1S/C13H23NO3/c1-11(2)8-14-13(5-7-16-10-13)17-12(11)4-3-6-15-9-12/h14H,3-10H2,1-2H3. The zero-order chi connectivity index (χ0) is 12.0. The molecule has 0 aromatic heterocycles. The Morgan fingerprint density at radius 1 is 1.00 bits per heavy atom. The summed E-state index contributed by atoms with van der Waals surface area (Å²) in [5.74, 6) is 0. The predicted molar refractivity (Wildman–Crippen MR) is 63.8 cm³/mol. The number of hydrogen-bond donors (Lipinski definition) is 1. The lowest BCUT2D eigenvalue weighted by Gasteiger charge is -2.57. The van der Waals surface area contributed by atoms with E-state index < -0.39 is 0 Å². The summed E-state index contributed by atoms with van der Waals surface area (Å²) in [6.07, 6.45) is 3.15. The van der Waals surface area contributed by atoms with E-state index in [0.29, 0.717) is 6.61 Å². The summed E-state index contributed by atoms with van der Waals surface area (Å²) >= 11 is 0. The Morgan fingerprint density at radius 2 is 1.82 bits per heavy atom. The third kappa shape index (κ3) is 1.82. The van der Waals surface area contributed by atoms with E-state index >= 15 is 0 Å². The van der Waals surface area contributed by atoms with E-state index in [-0.39, 0.29) is 16.7 Å². The van der Waals surface area contributed by atoms with Crippen LogP contribution in [0.1, 0.15) is 33.1 Å². The maximum Gasteiger partial charge on any atom is 0.145 e. The lowest BCUT2D eigenvalue weighted by Crippen LogP contribution is -2.70. The van der Waals surface area contributed by atoms with Crippen LogP contribution in [-0.2, 0) is 14.2 Å².